The van der Waals surface area contributed by atoms with Crippen LogP contribution in [-0.2, 0) is 11.3 Å². The number of hydrogen-bond donors (Lipinski definition) is 3. The maximum atomic E-state index is 9.45. The predicted octanol–water partition coefficient (Wildman–Crippen LogP) is 0.992. The minimum absolute atomic E-state index is 0.130. The predicted molar refractivity (Wildman–Crippen MR) is 69.6 cm³/mol. The van der Waals surface area contributed by atoms with Gasteiger partial charge in [0.15, 0.2) is 5.82 Å². The lowest BCUT2D eigenvalue weighted by atomic mass is 9.77. The Morgan fingerprint density at radius 3 is 2.61 bits per heavy atom. The highest BCUT2D eigenvalue weighted by atomic mass is 16.5. The summed E-state index contributed by atoms with van der Waals surface area (Å²) >= 11 is 0. The second-order valence-electron chi connectivity index (χ2n) is 4.65. The van der Waals surface area contributed by atoms with Crippen LogP contribution in [-0.4, -0.2) is 41.4 Å². The maximum absolute atomic E-state index is 9.45. The first-order valence-electron chi connectivity index (χ1n) is 6.15. The van der Waals surface area contributed by atoms with Crippen molar-refractivity contribution < 1.29 is 9.84 Å². The summed E-state index contributed by atoms with van der Waals surface area (Å²) in [5.41, 5.74) is -0.205. The molecule has 0 amide bonds. The van der Waals surface area contributed by atoms with Gasteiger partial charge in [-0.2, -0.15) is 0 Å². The SMILES string of the molecule is CNc1cc(NC2(CO)CCC2)nc(COC)n1. The average Bonchev–Trinajstić information content (AvgIpc) is 2.34. The van der Waals surface area contributed by atoms with Gasteiger partial charge >= 0.3 is 0 Å². The zero-order valence-corrected chi connectivity index (χ0v) is 10.9. The van der Waals surface area contributed by atoms with Gasteiger partial charge in [0, 0.05) is 20.2 Å². The van der Waals surface area contributed by atoms with Crippen LogP contribution in [0, 0.1) is 0 Å². The fraction of sp³-hybridized carbons (Fsp3) is 0.667. The van der Waals surface area contributed by atoms with Gasteiger partial charge in [-0.25, -0.2) is 9.97 Å². The first-order chi connectivity index (χ1) is 8.71. The lowest BCUT2D eigenvalue weighted by molar-refractivity contribution is 0.143. The summed E-state index contributed by atoms with van der Waals surface area (Å²) in [4.78, 5) is 8.68. The molecule has 0 radical (unpaired) electrons. The molecule has 0 saturated heterocycles. The molecule has 6 nitrogen and oxygen atoms in total. The van der Waals surface area contributed by atoms with E-state index in [0.717, 1.165) is 30.9 Å². The summed E-state index contributed by atoms with van der Waals surface area (Å²) in [6.07, 6.45) is 3.09. The molecule has 0 unspecified atom stereocenters. The molecule has 0 aliphatic heterocycles. The summed E-state index contributed by atoms with van der Waals surface area (Å²) in [7, 11) is 3.43. The van der Waals surface area contributed by atoms with Gasteiger partial charge in [0.1, 0.15) is 18.2 Å². The van der Waals surface area contributed by atoms with Crippen LogP contribution in [0.2, 0.25) is 0 Å². The third kappa shape index (κ3) is 2.70. The standard InChI is InChI=1S/C12H20N4O2/c1-13-9-6-10(15-11(14-9)7-18-2)16-12(8-17)4-3-5-12/h6,17H,3-5,7-8H2,1-2H3,(H2,13,14,15,16). The number of methoxy groups -OCH3 is 1. The maximum Gasteiger partial charge on any atom is 0.158 e. The van der Waals surface area contributed by atoms with Gasteiger partial charge in [0.2, 0.25) is 0 Å². The summed E-state index contributed by atoms with van der Waals surface area (Å²) in [5, 5.41) is 15.8. The molecule has 3 N–H and O–H groups in total. The van der Waals surface area contributed by atoms with Crippen molar-refractivity contribution >= 4 is 11.6 Å². The van der Waals surface area contributed by atoms with Crippen LogP contribution in [0.5, 0.6) is 0 Å². The van der Waals surface area contributed by atoms with E-state index < -0.39 is 0 Å². The monoisotopic (exact) mass is 252 g/mol. The van der Waals surface area contributed by atoms with Crippen molar-refractivity contribution in [3.63, 3.8) is 0 Å². The van der Waals surface area contributed by atoms with Crippen LogP contribution < -0.4 is 10.6 Å². The number of nitrogens with zero attached hydrogens (tertiary/aromatic N) is 2. The lowest BCUT2D eigenvalue weighted by Crippen LogP contribution is -2.48. The van der Waals surface area contributed by atoms with E-state index in [2.05, 4.69) is 20.6 Å². The van der Waals surface area contributed by atoms with Crippen molar-refractivity contribution in [2.45, 2.75) is 31.4 Å². The number of hydrogen-bond acceptors (Lipinski definition) is 6. The molecule has 1 aromatic heterocycles. The van der Waals surface area contributed by atoms with Crippen LogP contribution in [0.4, 0.5) is 11.6 Å². The van der Waals surface area contributed by atoms with Crippen molar-refractivity contribution in [1.82, 2.24) is 9.97 Å². The fourth-order valence-corrected chi connectivity index (χ4v) is 2.08. The van der Waals surface area contributed by atoms with Crippen molar-refractivity contribution in [2.24, 2.45) is 0 Å². The molecule has 0 spiro atoms. The highest BCUT2D eigenvalue weighted by Crippen LogP contribution is 2.34. The largest absolute Gasteiger partial charge is 0.394 e. The van der Waals surface area contributed by atoms with Gasteiger partial charge in [0.05, 0.1) is 12.1 Å². The van der Waals surface area contributed by atoms with E-state index in [4.69, 9.17) is 4.74 Å². The molecular formula is C12H20N4O2. The average molecular weight is 252 g/mol. The number of anilines is 2. The van der Waals surface area contributed by atoms with Crippen LogP contribution >= 0.6 is 0 Å². The molecule has 18 heavy (non-hydrogen) atoms. The zero-order valence-electron chi connectivity index (χ0n) is 10.9. The molecule has 6 heteroatoms. The van der Waals surface area contributed by atoms with E-state index in [0.29, 0.717) is 12.4 Å². The van der Waals surface area contributed by atoms with E-state index in [9.17, 15) is 5.11 Å². The Morgan fingerprint density at radius 2 is 2.11 bits per heavy atom. The quantitative estimate of drug-likeness (QED) is 0.700. The number of aliphatic hydroxyl groups is 1. The molecule has 1 heterocycles. The molecule has 0 atom stereocenters. The molecule has 2 rings (SSSR count). The minimum atomic E-state index is -0.205. The molecular weight excluding hydrogens is 232 g/mol. The van der Waals surface area contributed by atoms with Gasteiger partial charge in [-0.1, -0.05) is 0 Å². The zero-order chi connectivity index (χ0) is 13.0. The topological polar surface area (TPSA) is 79.3 Å². The van der Waals surface area contributed by atoms with Gasteiger partial charge in [-0.15, -0.1) is 0 Å². The Morgan fingerprint density at radius 1 is 1.39 bits per heavy atom. The van der Waals surface area contributed by atoms with Crippen LogP contribution in [0.25, 0.3) is 0 Å². The Labute approximate surface area is 107 Å². The number of rotatable bonds is 6. The number of ether oxygens (including phenoxy) is 1. The van der Waals surface area contributed by atoms with Crippen molar-refractivity contribution in [3.8, 4) is 0 Å². The van der Waals surface area contributed by atoms with Crippen molar-refractivity contribution in [2.75, 3.05) is 31.4 Å². The Hall–Kier alpha value is -1.40. The molecule has 0 aromatic carbocycles. The van der Waals surface area contributed by atoms with Gasteiger partial charge < -0.3 is 20.5 Å². The summed E-state index contributed by atoms with van der Waals surface area (Å²) in [5.74, 6) is 2.10. The molecule has 100 valence electrons. The second kappa shape index (κ2) is 5.49. The lowest BCUT2D eigenvalue weighted by Gasteiger charge is -2.41. The van der Waals surface area contributed by atoms with Crippen molar-refractivity contribution in [3.05, 3.63) is 11.9 Å². The van der Waals surface area contributed by atoms with Gasteiger partial charge in [-0.05, 0) is 19.3 Å². The van der Waals surface area contributed by atoms with E-state index in [-0.39, 0.29) is 12.1 Å². The Kier molecular flexibility index (Phi) is 3.98. The smallest absolute Gasteiger partial charge is 0.158 e. The third-order valence-electron chi connectivity index (χ3n) is 3.31. The number of nitrogens with one attached hydrogen (secondary N) is 2. The normalized spacial score (nSPS) is 17.1. The first kappa shape index (κ1) is 13.0. The third-order valence-corrected chi connectivity index (χ3v) is 3.31. The molecule has 0 bridgehead atoms. The highest BCUT2D eigenvalue weighted by molar-refractivity contribution is 5.49. The van der Waals surface area contributed by atoms with E-state index >= 15 is 0 Å². The minimum Gasteiger partial charge on any atom is -0.394 e. The molecule has 1 fully saturated rings. The number of aliphatic hydroxyl groups excluding tert-OH is 1. The van der Waals surface area contributed by atoms with Gasteiger partial charge in [-0.3, -0.25) is 0 Å². The second-order valence-corrected chi connectivity index (χ2v) is 4.65. The van der Waals surface area contributed by atoms with Crippen molar-refractivity contribution in [1.29, 1.82) is 0 Å². The van der Waals surface area contributed by atoms with Crippen LogP contribution in [0.15, 0.2) is 6.07 Å². The summed E-state index contributed by atoms with van der Waals surface area (Å²) in [6, 6.07) is 1.84. The van der Waals surface area contributed by atoms with E-state index in [1.165, 1.54) is 0 Å². The molecule has 1 aliphatic carbocycles. The van der Waals surface area contributed by atoms with E-state index in [1.54, 1.807) is 7.11 Å². The Bertz CT molecular complexity index is 402. The van der Waals surface area contributed by atoms with Crippen LogP contribution in [0.3, 0.4) is 0 Å². The highest BCUT2D eigenvalue weighted by Gasteiger charge is 2.36. The molecule has 1 aromatic rings. The molecule has 1 aliphatic rings. The summed E-state index contributed by atoms with van der Waals surface area (Å²) < 4.78 is 5.05. The number of aromatic nitrogens is 2. The van der Waals surface area contributed by atoms with E-state index in [1.807, 2.05) is 13.1 Å². The summed E-state index contributed by atoms with van der Waals surface area (Å²) in [6.45, 7) is 0.502. The molecule has 1 saturated carbocycles. The van der Waals surface area contributed by atoms with Crippen LogP contribution in [0.1, 0.15) is 25.1 Å². The van der Waals surface area contributed by atoms with Gasteiger partial charge in [0.25, 0.3) is 0 Å². The fourth-order valence-electron chi connectivity index (χ4n) is 2.08. The Balaban J connectivity index is 2.18. The first-order valence-corrected chi connectivity index (χ1v) is 6.15.